The summed E-state index contributed by atoms with van der Waals surface area (Å²) in [4.78, 5) is 11.1. The van der Waals surface area contributed by atoms with E-state index >= 15 is 0 Å². The highest BCUT2D eigenvalue weighted by Gasteiger charge is 2.16. The maximum atomic E-state index is 11.1. The first-order valence-electron chi connectivity index (χ1n) is 5.39. The Morgan fingerprint density at radius 3 is 2.27 bits per heavy atom. The van der Waals surface area contributed by atoms with E-state index in [4.69, 9.17) is 14.2 Å². The van der Waals surface area contributed by atoms with E-state index in [-0.39, 0.29) is 0 Å². The lowest BCUT2D eigenvalue weighted by Crippen LogP contribution is -2.24. The molecule has 0 aromatic heterocycles. The maximum Gasteiger partial charge on any atom is 0.508 e. The summed E-state index contributed by atoms with van der Waals surface area (Å²) in [6, 6.07) is 0. The van der Waals surface area contributed by atoms with Crippen LogP contribution in [-0.2, 0) is 14.2 Å². The molecule has 15 heavy (non-hydrogen) atoms. The van der Waals surface area contributed by atoms with Gasteiger partial charge in [-0.25, -0.2) is 4.79 Å². The second kappa shape index (κ2) is 7.51. The van der Waals surface area contributed by atoms with E-state index in [2.05, 4.69) is 0 Å². The molecule has 0 unspecified atom stereocenters. The molecular weight excluding hydrogens is 196 g/mol. The Morgan fingerprint density at radius 2 is 1.73 bits per heavy atom. The van der Waals surface area contributed by atoms with Gasteiger partial charge < -0.3 is 14.2 Å². The third kappa shape index (κ3) is 11.2. The summed E-state index contributed by atoms with van der Waals surface area (Å²) in [6.07, 6.45) is 1.11. The van der Waals surface area contributed by atoms with Crippen LogP contribution in [0.3, 0.4) is 0 Å². The normalized spacial score (nSPS) is 11.2. The van der Waals surface area contributed by atoms with Gasteiger partial charge in [-0.1, -0.05) is 0 Å². The van der Waals surface area contributed by atoms with E-state index in [9.17, 15) is 4.79 Å². The fourth-order valence-corrected chi connectivity index (χ4v) is 0.885. The van der Waals surface area contributed by atoms with Crippen LogP contribution in [0.5, 0.6) is 0 Å². The molecule has 0 aromatic rings. The van der Waals surface area contributed by atoms with Crippen LogP contribution in [0.2, 0.25) is 0 Å². The van der Waals surface area contributed by atoms with Gasteiger partial charge in [0.25, 0.3) is 0 Å². The molecule has 0 aromatic carbocycles. The predicted molar refractivity (Wildman–Crippen MR) is 57.9 cm³/mol. The maximum absolute atomic E-state index is 11.1. The molecule has 0 N–H and O–H groups in total. The number of unbranched alkanes of at least 4 members (excludes halogenated alkanes) is 1. The first-order valence-corrected chi connectivity index (χ1v) is 5.39. The molecule has 0 amide bonds. The van der Waals surface area contributed by atoms with Crippen molar-refractivity contribution in [2.75, 3.05) is 19.8 Å². The molecule has 0 heterocycles. The predicted octanol–water partition coefficient (Wildman–Crippen LogP) is 2.75. The average Bonchev–Trinajstić information content (AvgIpc) is 2.08. The Labute approximate surface area is 91.9 Å². The zero-order chi connectivity index (χ0) is 11.7. The fraction of sp³-hybridized carbons (Fsp3) is 0.909. The standard InChI is InChI=1S/C11H22O4/c1-5-13-8-6-7-9-14-10(12)15-11(2,3)4/h5-9H2,1-4H3. The van der Waals surface area contributed by atoms with E-state index < -0.39 is 11.8 Å². The van der Waals surface area contributed by atoms with Crippen molar-refractivity contribution in [2.24, 2.45) is 0 Å². The van der Waals surface area contributed by atoms with Gasteiger partial charge in [0.2, 0.25) is 0 Å². The highest BCUT2D eigenvalue weighted by Crippen LogP contribution is 2.08. The Hall–Kier alpha value is -0.770. The van der Waals surface area contributed by atoms with Gasteiger partial charge in [0.05, 0.1) is 6.61 Å². The van der Waals surface area contributed by atoms with E-state index in [1.807, 2.05) is 27.7 Å². The zero-order valence-electron chi connectivity index (χ0n) is 10.2. The largest absolute Gasteiger partial charge is 0.508 e. The summed E-state index contributed by atoms with van der Waals surface area (Å²) in [5, 5.41) is 0. The minimum atomic E-state index is -0.598. The van der Waals surface area contributed by atoms with Gasteiger partial charge in [-0.3, -0.25) is 0 Å². The molecule has 0 radical (unpaired) electrons. The Morgan fingerprint density at radius 1 is 1.13 bits per heavy atom. The molecule has 0 fully saturated rings. The van der Waals surface area contributed by atoms with Crippen LogP contribution in [0.4, 0.5) is 4.79 Å². The van der Waals surface area contributed by atoms with Gasteiger partial charge >= 0.3 is 6.16 Å². The quantitative estimate of drug-likeness (QED) is 0.508. The summed E-state index contributed by atoms with van der Waals surface area (Å²) in [7, 11) is 0. The average molecular weight is 218 g/mol. The van der Waals surface area contributed by atoms with E-state index in [0.717, 1.165) is 19.4 Å². The lowest BCUT2D eigenvalue weighted by Gasteiger charge is -2.18. The van der Waals surface area contributed by atoms with E-state index in [1.54, 1.807) is 0 Å². The summed E-state index contributed by atoms with van der Waals surface area (Å²) in [5.41, 5.74) is -0.484. The Balaban J connectivity index is 3.32. The van der Waals surface area contributed by atoms with Crippen molar-refractivity contribution in [2.45, 2.75) is 46.1 Å². The summed E-state index contributed by atoms with van der Waals surface area (Å²) < 4.78 is 15.0. The van der Waals surface area contributed by atoms with Gasteiger partial charge in [0.1, 0.15) is 5.60 Å². The van der Waals surface area contributed by atoms with Crippen molar-refractivity contribution in [3.05, 3.63) is 0 Å². The van der Waals surface area contributed by atoms with E-state index in [0.29, 0.717) is 13.2 Å². The van der Waals surface area contributed by atoms with Crippen LogP contribution < -0.4 is 0 Å². The third-order valence-electron chi connectivity index (χ3n) is 1.50. The van der Waals surface area contributed by atoms with E-state index in [1.165, 1.54) is 0 Å². The SMILES string of the molecule is CCOCCCCOC(=O)OC(C)(C)C. The van der Waals surface area contributed by atoms with Crippen molar-refractivity contribution in [1.29, 1.82) is 0 Å². The van der Waals surface area contributed by atoms with Gasteiger partial charge in [0, 0.05) is 13.2 Å². The highest BCUT2D eigenvalue weighted by atomic mass is 16.7. The highest BCUT2D eigenvalue weighted by molar-refractivity contribution is 5.60. The Kier molecular flexibility index (Phi) is 7.13. The van der Waals surface area contributed by atoms with Gasteiger partial charge in [-0.15, -0.1) is 0 Å². The molecule has 4 nitrogen and oxygen atoms in total. The second-order valence-corrected chi connectivity index (χ2v) is 4.22. The molecular formula is C11H22O4. The molecule has 0 atom stereocenters. The molecule has 0 saturated heterocycles. The summed E-state index contributed by atoms with van der Waals surface area (Å²) in [6.45, 7) is 9.22. The first kappa shape index (κ1) is 14.2. The van der Waals surface area contributed by atoms with Crippen molar-refractivity contribution < 1.29 is 19.0 Å². The summed E-state index contributed by atoms with van der Waals surface area (Å²) >= 11 is 0. The fourth-order valence-electron chi connectivity index (χ4n) is 0.885. The zero-order valence-corrected chi connectivity index (χ0v) is 10.2. The second-order valence-electron chi connectivity index (χ2n) is 4.22. The molecule has 0 aliphatic heterocycles. The molecule has 0 rings (SSSR count). The van der Waals surface area contributed by atoms with Crippen LogP contribution in [0.15, 0.2) is 0 Å². The third-order valence-corrected chi connectivity index (χ3v) is 1.50. The number of rotatable bonds is 6. The lowest BCUT2D eigenvalue weighted by atomic mass is 10.2. The van der Waals surface area contributed by atoms with Gasteiger partial charge in [-0.05, 0) is 40.5 Å². The van der Waals surface area contributed by atoms with Crippen molar-refractivity contribution in [1.82, 2.24) is 0 Å². The smallest absolute Gasteiger partial charge is 0.434 e. The van der Waals surface area contributed by atoms with Crippen LogP contribution in [-0.4, -0.2) is 31.6 Å². The van der Waals surface area contributed by atoms with Crippen LogP contribution in [0.25, 0.3) is 0 Å². The molecule has 4 heteroatoms. The molecule has 0 aliphatic carbocycles. The van der Waals surface area contributed by atoms with Crippen molar-refractivity contribution >= 4 is 6.16 Å². The van der Waals surface area contributed by atoms with Crippen molar-refractivity contribution in [3.8, 4) is 0 Å². The van der Waals surface area contributed by atoms with Crippen LogP contribution in [0.1, 0.15) is 40.5 Å². The van der Waals surface area contributed by atoms with Gasteiger partial charge in [-0.2, -0.15) is 0 Å². The first-order chi connectivity index (χ1) is 6.95. The minimum absolute atomic E-state index is 0.391. The molecule has 0 spiro atoms. The van der Waals surface area contributed by atoms with Gasteiger partial charge in [0.15, 0.2) is 0 Å². The topological polar surface area (TPSA) is 44.8 Å². The molecule has 0 aliphatic rings. The van der Waals surface area contributed by atoms with Crippen molar-refractivity contribution in [3.63, 3.8) is 0 Å². The summed E-state index contributed by atoms with van der Waals surface area (Å²) in [5.74, 6) is 0. The number of hydrogen-bond donors (Lipinski definition) is 0. The molecule has 0 saturated carbocycles. The lowest BCUT2D eigenvalue weighted by molar-refractivity contribution is -0.00841. The van der Waals surface area contributed by atoms with Crippen LogP contribution in [0, 0.1) is 0 Å². The number of ether oxygens (including phenoxy) is 3. The number of carbonyl (C=O) groups excluding carboxylic acids is 1. The number of carbonyl (C=O) groups is 1. The monoisotopic (exact) mass is 218 g/mol. The number of hydrogen-bond acceptors (Lipinski definition) is 4. The van der Waals surface area contributed by atoms with Crippen LogP contribution >= 0.6 is 0 Å². The Bertz CT molecular complexity index is 172. The molecule has 0 bridgehead atoms. The minimum Gasteiger partial charge on any atom is -0.434 e. The molecule has 90 valence electrons.